The minimum atomic E-state index is -0.378. The van der Waals surface area contributed by atoms with Crippen molar-refractivity contribution in [2.24, 2.45) is 0 Å². The molecule has 0 aliphatic heterocycles. The third-order valence-electron chi connectivity index (χ3n) is 2.09. The lowest BCUT2D eigenvalue weighted by Gasteiger charge is -2.00. The van der Waals surface area contributed by atoms with E-state index in [2.05, 4.69) is 9.97 Å². The molecule has 0 spiro atoms. The lowest BCUT2D eigenvalue weighted by molar-refractivity contribution is 0.631. The zero-order valence-electron chi connectivity index (χ0n) is 8.17. The second kappa shape index (κ2) is 4.33. The van der Waals surface area contributed by atoms with Gasteiger partial charge in [-0.2, -0.15) is 5.26 Å². The van der Waals surface area contributed by atoms with Gasteiger partial charge in [-0.05, 0) is 18.2 Å². The van der Waals surface area contributed by atoms with Crippen LogP contribution in [0.4, 0.5) is 4.39 Å². The molecule has 0 aliphatic carbocycles. The molecule has 0 aliphatic rings. The minimum Gasteiger partial charge on any atom is -0.341 e. The molecule has 80 valence electrons. The number of nitrogens with one attached hydrogen (secondary N) is 1. The maximum absolute atomic E-state index is 13.5. The number of rotatable bonds is 2. The number of hydrogen-bond donors (Lipinski definition) is 1. The zero-order chi connectivity index (χ0) is 11.5. The second-order valence-electron chi connectivity index (χ2n) is 3.20. The van der Waals surface area contributed by atoms with Crippen molar-refractivity contribution in [1.29, 1.82) is 5.26 Å². The van der Waals surface area contributed by atoms with Crippen molar-refractivity contribution in [2.45, 2.75) is 6.42 Å². The predicted molar refractivity (Wildman–Crippen MR) is 58.3 cm³/mol. The highest BCUT2D eigenvalue weighted by Crippen LogP contribution is 2.24. The van der Waals surface area contributed by atoms with Crippen LogP contribution in [-0.4, -0.2) is 9.97 Å². The van der Waals surface area contributed by atoms with Gasteiger partial charge in [0.05, 0.1) is 24.4 Å². The van der Waals surface area contributed by atoms with Gasteiger partial charge in [-0.15, -0.1) is 0 Å². The van der Waals surface area contributed by atoms with Crippen molar-refractivity contribution in [1.82, 2.24) is 9.97 Å². The Morgan fingerprint density at radius 1 is 1.50 bits per heavy atom. The highest BCUT2D eigenvalue weighted by atomic mass is 35.5. The van der Waals surface area contributed by atoms with Crippen molar-refractivity contribution in [3.05, 3.63) is 41.1 Å². The molecule has 1 aromatic heterocycles. The number of halogens is 2. The standard InChI is InChI=1S/C11H7ClFN3/c12-7-1-2-9(13)8(5-7)10-6-15-11(16-10)3-4-14/h1-2,5-6H,3H2,(H,15,16). The van der Waals surface area contributed by atoms with Crippen molar-refractivity contribution < 1.29 is 4.39 Å². The van der Waals surface area contributed by atoms with Crippen LogP contribution in [0.5, 0.6) is 0 Å². The summed E-state index contributed by atoms with van der Waals surface area (Å²) in [5.74, 6) is 0.133. The van der Waals surface area contributed by atoms with E-state index in [4.69, 9.17) is 16.9 Å². The Bertz CT molecular complexity index is 557. The Morgan fingerprint density at radius 3 is 3.06 bits per heavy atom. The number of benzene rings is 1. The van der Waals surface area contributed by atoms with E-state index < -0.39 is 0 Å². The van der Waals surface area contributed by atoms with E-state index in [1.54, 1.807) is 0 Å². The Hall–Kier alpha value is -1.86. The minimum absolute atomic E-state index is 0.169. The largest absolute Gasteiger partial charge is 0.341 e. The van der Waals surface area contributed by atoms with Crippen molar-refractivity contribution in [3.63, 3.8) is 0 Å². The molecule has 1 aromatic carbocycles. The third kappa shape index (κ3) is 2.05. The SMILES string of the molecule is N#CCc1ncc(-c2cc(Cl)ccc2F)[nH]1. The topological polar surface area (TPSA) is 52.5 Å². The molecule has 0 radical (unpaired) electrons. The summed E-state index contributed by atoms with van der Waals surface area (Å²) in [6.45, 7) is 0. The summed E-state index contributed by atoms with van der Waals surface area (Å²) in [6, 6.07) is 6.25. The fourth-order valence-corrected chi connectivity index (χ4v) is 1.54. The van der Waals surface area contributed by atoms with Gasteiger partial charge >= 0.3 is 0 Å². The molecule has 0 amide bonds. The lowest BCUT2D eigenvalue weighted by atomic mass is 10.1. The number of hydrogen-bond acceptors (Lipinski definition) is 2. The smallest absolute Gasteiger partial charge is 0.132 e. The average Bonchev–Trinajstić information content (AvgIpc) is 2.71. The fourth-order valence-electron chi connectivity index (χ4n) is 1.37. The predicted octanol–water partition coefficient (Wildman–Crippen LogP) is 2.94. The summed E-state index contributed by atoms with van der Waals surface area (Å²) in [7, 11) is 0. The van der Waals surface area contributed by atoms with E-state index in [-0.39, 0.29) is 12.2 Å². The first-order valence-corrected chi connectivity index (χ1v) is 4.95. The van der Waals surface area contributed by atoms with Crippen molar-refractivity contribution in [2.75, 3.05) is 0 Å². The van der Waals surface area contributed by atoms with Crippen LogP contribution in [0.3, 0.4) is 0 Å². The van der Waals surface area contributed by atoms with Crippen LogP contribution in [0, 0.1) is 17.1 Å². The van der Waals surface area contributed by atoms with Crippen LogP contribution < -0.4 is 0 Å². The van der Waals surface area contributed by atoms with E-state index in [9.17, 15) is 4.39 Å². The normalized spacial score (nSPS) is 10.1. The molecule has 0 saturated heterocycles. The van der Waals surface area contributed by atoms with Crippen LogP contribution in [0.1, 0.15) is 5.82 Å². The lowest BCUT2D eigenvalue weighted by Crippen LogP contribution is -1.86. The molecule has 1 N–H and O–H groups in total. The molecular formula is C11H7ClFN3. The number of H-pyrrole nitrogens is 1. The van der Waals surface area contributed by atoms with Crippen molar-refractivity contribution in [3.8, 4) is 17.3 Å². The van der Waals surface area contributed by atoms with E-state index in [0.717, 1.165) is 0 Å². The van der Waals surface area contributed by atoms with E-state index >= 15 is 0 Å². The van der Waals surface area contributed by atoms with Crippen molar-refractivity contribution >= 4 is 11.6 Å². The summed E-state index contributed by atoms with van der Waals surface area (Å²) < 4.78 is 13.5. The van der Waals surface area contributed by atoms with Crippen LogP contribution >= 0.6 is 11.6 Å². The number of nitrogens with zero attached hydrogens (tertiary/aromatic N) is 2. The molecular weight excluding hydrogens is 229 g/mol. The number of aromatic nitrogens is 2. The van der Waals surface area contributed by atoms with Gasteiger partial charge in [0.15, 0.2) is 0 Å². The molecule has 0 fully saturated rings. The highest BCUT2D eigenvalue weighted by Gasteiger charge is 2.08. The second-order valence-corrected chi connectivity index (χ2v) is 3.64. The first-order valence-electron chi connectivity index (χ1n) is 4.57. The Labute approximate surface area is 96.5 Å². The first kappa shape index (κ1) is 10.7. The van der Waals surface area contributed by atoms with E-state index in [1.165, 1.54) is 24.4 Å². The van der Waals surface area contributed by atoms with Gasteiger partial charge in [-0.3, -0.25) is 0 Å². The molecule has 0 atom stereocenters. The third-order valence-corrected chi connectivity index (χ3v) is 2.33. The van der Waals surface area contributed by atoms with E-state index in [1.807, 2.05) is 6.07 Å². The maximum Gasteiger partial charge on any atom is 0.132 e. The number of aromatic amines is 1. The maximum atomic E-state index is 13.5. The Morgan fingerprint density at radius 2 is 2.31 bits per heavy atom. The number of nitriles is 1. The Kier molecular flexibility index (Phi) is 2.88. The van der Waals surface area contributed by atoms with Gasteiger partial charge in [-0.25, -0.2) is 9.37 Å². The summed E-state index contributed by atoms with van der Waals surface area (Å²) in [4.78, 5) is 6.83. The molecule has 1 heterocycles. The van der Waals surface area contributed by atoms with Gasteiger partial charge in [-0.1, -0.05) is 11.6 Å². The van der Waals surface area contributed by atoms with Gasteiger partial charge in [0, 0.05) is 10.6 Å². The highest BCUT2D eigenvalue weighted by molar-refractivity contribution is 6.30. The van der Waals surface area contributed by atoms with Gasteiger partial charge < -0.3 is 4.98 Å². The first-order chi connectivity index (χ1) is 7.70. The van der Waals surface area contributed by atoms with Crippen LogP contribution in [-0.2, 0) is 6.42 Å². The summed E-state index contributed by atoms with van der Waals surface area (Å²) in [6.07, 6.45) is 1.66. The zero-order valence-corrected chi connectivity index (χ0v) is 8.92. The van der Waals surface area contributed by atoms with E-state index in [0.29, 0.717) is 22.1 Å². The van der Waals surface area contributed by atoms with Gasteiger partial charge in [0.2, 0.25) is 0 Å². The molecule has 0 saturated carbocycles. The molecule has 2 rings (SSSR count). The molecule has 0 unspecified atom stereocenters. The van der Waals surface area contributed by atoms with Gasteiger partial charge in [0.25, 0.3) is 0 Å². The van der Waals surface area contributed by atoms with Crippen LogP contribution in [0.2, 0.25) is 5.02 Å². The Balaban J connectivity index is 2.42. The monoisotopic (exact) mass is 235 g/mol. The number of imidazole rings is 1. The van der Waals surface area contributed by atoms with Crippen LogP contribution in [0.25, 0.3) is 11.3 Å². The molecule has 3 nitrogen and oxygen atoms in total. The summed E-state index contributed by atoms with van der Waals surface area (Å²) in [5.41, 5.74) is 0.870. The fraction of sp³-hybridized carbons (Fsp3) is 0.0909. The summed E-state index contributed by atoms with van der Waals surface area (Å²) in [5, 5.41) is 8.94. The molecule has 16 heavy (non-hydrogen) atoms. The molecule has 5 heteroatoms. The quantitative estimate of drug-likeness (QED) is 0.870. The molecule has 0 bridgehead atoms. The van der Waals surface area contributed by atoms with Crippen LogP contribution in [0.15, 0.2) is 24.4 Å². The average molecular weight is 236 g/mol. The molecule has 2 aromatic rings. The summed E-state index contributed by atoms with van der Waals surface area (Å²) >= 11 is 5.78. The van der Waals surface area contributed by atoms with Gasteiger partial charge in [0.1, 0.15) is 11.6 Å².